The Bertz CT molecular complexity index is 787. The molecule has 1 aliphatic rings. The number of hydrogen-bond acceptors (Lipinski definition) is 6. The first-order valence-corrected chi connectivity index (χ1v) is 7.65. The van der Waals surface area contributed by atoms with Gasteiger partial charge in [-0.1, -0.05) is 12.1 Å². The van der Waals surface area contributed by atoms with Crippen molar-refractivity contribution in [2.45, 2.75) is 25.3 Å². The van der Waals surface area contributed by atoms with Crippen LogP contribution in [-0.2, 0) is 11.3 Å². The number of carbonyl (C=O) groups excluding carboxylic acids is 1. The summed E-state index contributed by atoms with van der Waals surface area (Å²) in [6, 6.07) is 9.91. The maximum Gasteiger partial charge on any atom is 0.339 e. The summed E-state index contributed by atoms with van der Waals surface area (Å²) in [5, 5.41) is 14.1. The maximum absolute atomic E-state index is 11.8. The average molecular weight is 327 g/mol. The molecule has 0 spiro atoms. The van der Waals surface area contributed by atoms with Crippen molar-refractivity contribution in [3.63, 3.8) is 0 Å². The van der Waals surface area contributed by atoms with Crippen LogP contribution < -0.4 is 5.32 Å². The highest BCUT2D eigenvalue weighted by molar-refractivity contribution is 5.90. The van der Waals surface area contributed by atoms with E-state index in [0.29, 0.717) is 23.7 Å². The number of nitro groups is 1. The largest absolute Gasteiger partial charge is 0.465 e. The van der Waals surface area contributed by atoms with E-state index in [1.54, 1.807) is 30.3 Å². The molecular weight excluding hydrogens is 310 g/mol. The minimum atomic E-state index is -0.425. The normalized spacial score (nSPS) is 13.4. The van der Waals surface area contributed by atoms with Crippen molar-refractivity contribution >= 4 is 17.3 Å². The molecule has 7 heteroatoms. The lowest BCUT2D eigenvalue weighted by Gasteiger charge is -2.10. The van der Waals surface area contributed by atoms with Crippen LogP contribution in [0.25, 0.3) is 0 Å². The Balaban J connectivity index is 1.80. The summed E-state index contributed by atoms with van der Waals surface area (Å²) >= 11 is 0. The Morgan fingerprint density at radius 2 is 2.08 bits per heavy atom. The second-order valence-corrected chi connectivity index (χ2v) is 5.63. The summed E-state index contributed by atoms with van der Waals surface area (Å²) in [5.74, 6) is -0.0901. The van der Waals surface area contributed by atoms with E-state index in [-0.39, 0.29) is 11.7 Å². The van der Waals surface area contributed by atoms with Gasteiger partial charge in [0.25, 0.3) is 5.69 Å². The summed E-state index contributed by atoms with van der Waals surface area (Å²) in [6.07, 6.45) is 2.02. The van der Waals surface area contributed by atoms with E-state index in [4.69, 9.17) is 4.74 Å². The molecule has 124 valence electrons. The Morgan fingerprint density at radius 1 is 1.33 bits per heavy atom. The van der Waals surface area contributed by atoms with Gasteiger partial charge in [0.15, 0.2) is 0 Å². The fraction of sp³-hybridized carbons (Fsp3) is 0.294. The van der Waals surface area contributed by atoms with E-state index >= 15 is 0 Å². The summed E-state index contributed by atoms with van der Waals surface area (Å²) < 4.78 is 4.80. The molecule has 24 heavy (non-hydrogen) atoms. The van der Waals surface area contributed by atoms with Crippen molar-refractivity contribution in [2.24, 2.45) is 0 Å². The number of nitro benzene ring substituents is 1. The first-order valence-electron chi connectivity index (χ1n) is 7.65. The van der Waals surface area contributed by atoms with E-state index in [0.717, 1.165) is 24.2 Å². The van der Waals surface area contributed by atoms with E-state index in [2.05, 4.69) is 10.3 Å². The molecule has 1 heterocycles. The molecule has 1 aromatic carbocycles. The number of para-hydroxylation sites is 2. The average Bonchev–Trinajstić information content (AvgIpc) is 3.44. The zero-order chi connectivity index (χ0) is 17.1. The van der Waals surface area contributed by atoms with Gasteiger partial charge < -0.3 is 10.1 Å². The van der Waals surface area contributed by atoms with Crippen molar-refractivity contribution in [3.05, 3.63) is 63.5 Å². The Labute approximate surface area is 138 Å². The van der Waals surface area contributed by atoms with Gasteiger partial charge in [-0.25, -0.2) is 4.79 Å². The number of hydrogen-bond donors (Lipinski definition) is 1. The van der Waals surface area contributed by atoms with Crippen LogP contribution in [0.5, 0.6) is 0 Å². The third-order valence-electron chi connectivity index (χ3n) is 3.91. The fourth-order valence-electron chi connectivity index (χ4n) is 2.53. The first kappa shape index (κ1) is 15.9. The maximum atomic E-state index is 11.8. The number of benzene rings is 1. The van der Waals surface area contributed by atoms with Gasteiger partial charge in [0.05, 0.1) is 35.5 Å². The molecule has 0 bridgehead atoms. The second kappa shape index (κ2) is 6.66. The van der Waals surface area contributed by atoms with Crippen LogP contribution in [0.3, 0.4) is 0 Å². The molecular formula is C17H17N3O4. The molecule has 2 aromatic rings. The lowest BCUT2D eigenvalue weighted by Crippen LogP contribution is -2.10. The number of rotatable bonds is 6. The molecule has 0 atom stereocenters. The molecule has 0 aliphatic heterocycles. The van der Waals surface area contributed by atoms with Gasteiger partial charge in [-0.2, -0.15) is 0 Å². The van der Waals surface area contributed by atoms with Crippen LogP contribution in [0.4, 0.5) is 11.4 Å². The van der Waals surface area contributed by atoms with Crippen LogP contribution in [-0.4, -0.2) is 23.0 Å². The SMILES string of the molecule is COC(=O)c1ccc(CNc2ccccc2[N+](=O)[O-])nc1C1CC1. The third kappa shape index (κ3) is 3.34. The monoisotopic (exact) mass is 327 g/mol. The molecule has 1 fully saturated rings. The van der Waals surface area contributed by atoms with Crippen molar-refractivity contribution in [1.82, 2.24) is 4.98 Å². The smallest absolute Gasteiger partial charge is 0.339 e. The van der Waals surface area contributed by atoms with Crippen LogP contribution in [0.2, 0.25) is 0 Å². The van der Waals surface area contributed by atoms with E-state index < -0.39 is 4.92 Å². The molecule has 1 N–H and O–H groups in total. The quantitative estimate of drug-likeness (QED) is 0.497. The minimum Gasteiger partial charge on any atom is -0.465 e. The molecule has 0 saturated heterocycles. The number of ether oxygens (including phenoxy) is 1. The Kier molecular flexibility index (Phi) is 4.41. The van der Waals surface area contributed by atoms with Gasteiger partial charge in [-0.15, -0.1) is 0 Å². The number of carbonyl (C=O) groups is 1. The lowest BCUT2D eigenvalue weighted by molar-refractivity contribution is -0.384. The molecule has 1 aromatic heterocycles. The number of aromatic nitrogens is 1. The summed E-state index contributed by atoms with van der Waals surface area (Å²) in [6.45, 7) is 0.339. The molecule has 3 rings (SSSR count). The highest BCUT2D eigenvalue weighted by Gasteiger charge is 2.30. The van der Waals surface area contributed by atoms with Crippen LogP contribution in [0, 0.1) is 10.1 Å². The van der Waals surface area contributed by atoms with Gasteiger partial charge in [0, 0.05) is 12.0 Å². The Morgan fingerprint density at radius 3 is 2.75 bits per heavy atom. The number of nitrogens with zero attached hydrogens (tertiary/aromatic N) is 2. The third-order valence-corrected chi connectivity index (χ3v) is 3.91. The number of nitrogens with one attached hydrogen (secondary N) is 1. The van der Waals surface area contributed by atoms with E-state index in [1.165, 1.54) is 13.2 Å². The predicted molar refractivity (Wildman–Crippen MR) is 88.0 cm³/mol. The summed E-state index contributed by atoms with van der Waals surface area (Å²) in [5.41, 5.74) is 2.43. The van der Waals surface area contributed by atoms with Crippen LogP contribution in [0.15, 0.2) is 36.4 Å². The molecule has 0 amide bonds. The van der Waals surface area contributed by atoms with Gasteiger partial charge in [0.1, 0.15) is 5.69 Å². The standard InChI is InChI=1S/C17H17N3O4/c1-24-17(21)13-9-8-12(19-16(13)11-6-7-11)10-18-14-4-2-3-5-15(14)20(22)23/h2-5,8-9,11,18H,6-7,10H2,1H3. The summed E-state index contributed by atoms with van der Waals surface area (Å²) in [7, 11) is 1.35. The minimum absolute atomic E-state index is 0.0195. The van der Waals surface area contributed by atoms with E-state index in [1.807, 2.05) is 0 Å². The molecule has 0 radical (unpaired) electrons. The van der Waals surface area contributed by atoms with Gasteiger partial charge in [-0.3, -0.25) is 15.1 Å². The molecule has 1 aliphatic carbocycles. The highest BCUT2D eigenvalue weighted by Crippen LogP contribution is 2.40. The zero-order valence-corrected chi connectivity index (χ0v) is 13.2. The molecule has 1 saturated carbocycles. The highest BCUT2D eigenvalue weighted by atomic mass is 16.6. The van der Waals surface area contributed by atoms with Crippen molar-refractivity contribution < 1.29 is 14.5 Å². The predicted octanol–water partition coefficient (Wildman–Crippen LogP) is 3.27. The molecule has 7 nitrogen and oxygen atoms in total. The number of anilines is 1. The number of methoxy groups -OCH3 is 1. The fourth-order valence-corrected chi connectivity index (χ4v) is 2.53. The first-order chi connectivity index (χ1) is 11.6. The van der Waals surface area contributed by atoms with Crippen molar-refractivity contribution in [3.8, 4) is 0 Å². The Hall–Kier alpha value is -2.96. The van der Waals surface area contributed by atoms with Crippen molar-refractivity contribution in [2.75, 3.05) is 12.4 Å². The zero-order valence-electron chi connectivity index (χ0n) is 13.2. The van der Waals surface area contributed by atoms with Crippen LogP contribution >= 0.6 is 0 Å². The lowest BCUT2D eigenvalue weighted by atomic mass is 10.1. The van der Waals surface area contributed by atoms with Gasteiger partial charge in [-0.05, 0) is 31.0 Å². The second-order valence-electron chi connectivity index (χ2n) is 5.63. The molecule has 0 unspecified atom stereocenters. The summed E-state index contributed by atoms with van der Waals surface area (Å²) in [4.78, 5) is 27.0. The number of pyridine rings is 1. The van der Waals surface area contributed by atoms with Crippen LogP contribution in [0.1, 0.15) is 40.5 Å². The van der Waals surface area contributed by atoms with Gasteiger partial charge in [0.2, 0.25) is 0 Å². The van der Waals surface area contributed by atoms with Crippen molar-refractivity contribution in [1.29, 1.82) is 0 Å². The van der Waals surface area contributed by atoms with Gasteiger partial charge >= 0.3 is 5.97 Å². The van der Waals surface area contributed by atoms with E-state index in [9.17, 15) is 14.9 Å². The number of esters is 1. The topological polar surface area (TPSA) is 94.4 Å².